The van der Waals surface area contributed by atoms with Crippen molar-refractivity contribution < 1.29 is 4.79 Å². The Morgan fingerprint density at radius 2 is 2.04 bits per heavy atom. The summed E-state index contributed by atoms with van der Waals surface area (Å²) >= 11 is 6.12. The van der Waals surface area contributed by atoms with Crippen LogP contribution in [0.1, 0.15) is 11.1 Å². The Kier molecular flexibility index (Phi) is 5.18. The molecule has 124 valence electrons. The SMILES string of the molecule is Cc1ccc(NC(=O)CNCCc2c[nH]c3ccccc23)c(Cl)c1. The van der Waals surface area contributed by atoms with E-state index in [0.717, 1.165) is 24.0 Å². The first kappa shape index (κ1) is 16.6. The Morgan fingerprint density at radius 3 is 2.88 bits per heavy atom. The molecular formula is C19H20ClN3O. The van der Waals surface area contributed by atoms with Gasteiger partial charge in [-0.2, -0.15) is 0 Å². The van der Waals surface area contributed by atoms with Crippen molar-refractivity contribution in [3.8, 4) is 0 Å². The molecule has 1 heterocycles. The molecule has 5 heteroatoms. The first-order chi connectivity index (χ1) is 11.6. The second kappa shape index (κ2) is 7.51. The molecule has 24 heavy (non-hydrogen) atoms. The van der Waals surface area contributed by atoms with Gasteiger partial charge in [0.15, 0.2) is 0 Å². The molecule has 3 N–H and O–H groups in total. The van der Waals surface area contributed by atoms with E-state index < -0.39 is 0 Å². The van der Waals surface area contributed by atoms with Crippen LogP contribution >= 0.6 is 11.6 Å². The van der Waals surface area contributed by atoms with E-state index in [9.17, 15) is 4.79 Å². The molecule has 0 aliphatic heterocycles. The van der Waals surface area contributed by atoms with Gasteiger partial charge in [0.1, 0.15) is 0 Å². The number of rotatable bonds is 6. The molecular weight excluding hydrogens is 322 g/mol. The minimum atomic E-state index is -0.0975. The summed E-state index contributed by atoms with van der Waals surface area (Å²) in [5.74, 6) is -0.0975. The van der Waals surface area contributed by atoms with Crippen molar-refractivity contribution >= 4 is 34.1 Å². The van der Waals surface area contributed by atoms with Gasteiger partial charge in [0.05, 0.1) is 17.3 Å². The summed E-state index contributed by atoms with van der Waals surface area (Å²) < 4.78 is 0. The molecule has 0 radical (unpaired) electrons. The van der Waals surface area contributed by atoms with Crippen molar-refractivity contribution in [2.75, 3.05) is 18.4 Å². The van der Waals surface area contributed by atoms with Gasteiger partial charge in [-0.15, -0.1) is 0 Å². The Labute approximate surface area is 146 Å². The highest BCUT2D eigenvalue weighted by Crippen LogP contribution is 2.22. The number of aromatic nitrogens is 1. The molecule has 0 bridgehead atoms. The third-order valence-corrected chi connectivity index (χ3v) is 4.24. The number of anilines is 1. The first-order valence-electron chi connectivity index (χ1n) is 7.95. The van der Waals surface area contributed by atoms with Crippen LogP contribution in [0.15, 0.2) is 48.7 Å². The van der Waals surface area contributed by atoms with Crippen molar-refractivity contribution in [2.24, 2.45) is 0 Å². The standard InChI is InChI=1S/C19H20ClN3O/c1-13-6-7-18(16(20)10-13)23-19(24)12-21-9-8-14-11-22-17-5-3-2-4-15(14)17/h2-7,10-11,21-22H,8-9,12H2,1H3,(H,23,24). The summed E-state index contributed by atoms with van der Waals surface area (Å²) in [7, 11) is 0. The van der Waals surface area contributed by atoms with E-state index >= 15 is 0 Å². The molecule has 0 saturated carbocycles. The molecule has 0 aliphatic carbocycles. The lowest BCUT2D eigenvalue weighted by Crippen LogP contribution is -2.29. The number of halogens is 1. The summed E-state index contributed by atoms with van der Waals surface area (Å²) in [5.41, 5.74) is 4.10. The monoisotopic (exact) mass is 341 g/mol. The summed E-state index contributed by atoms with van der Waals surface area (Å²) in [6.45, 7) is 2.95. The van der Waals surface area contributed by atoms with Crippen molar-refractivity contribution in [3.63, 3.8) is 0 Å². The second-order valence-corrected chi connectivity index (χ2v) is 6.22. The molecule has 0 unspecified atom stereocenters. The third kappa shape index (κ3) is 3.96. The fraction of sp³-hybridized carbons (Fsp3) is 0.211. The maximum atomic E-state index is 12.0. The van der Waals surface area contributed by atoms with Gasteiger partial charge in [-0.1, -0.05) is 35.9 Å². The highest BCUT2D eigenvalue weighted by Gasteiger charge is 2.06. The fourth-order valence-corrected chi connectivity index (χ4v) is 2.96. The number of carbonyl (C=O) groups is 1. The van der Waals surface area contributed by atoms with Gasteiger partial charge >= 0.3 is 0 Å². The molecule has 3 aromatic rings. The number of para-hydroxylation sites is 1. The zero-order valence-electron chi connectivity index (χ0n) is 13.5. The number of fused-ring (bicyclic) bond motifs is 1. The van der Waals surface area contributed by atoms with Crippen LogP contribution in [0.3, 0.4) is 0 Å². The van der Waals surface area contributed by atoms with Crippen molar-refractivity contribution in [1.29, 1.82) is 0 Å². The van der Waals surface area contributed by atoms with E-state index in [1.165, 1.54) is 10.9 Å². The van der Waals surface area contributed by atoms with Crippen LogP contribution in [0.2, 0.25) is 5.02 Å². The van der Waals surface area contributed by atoms with E-state index in [1.54, 1.807) is 0 Å². The smallest absolute Gasteiger partial charge is 0.238 e. The van der Waals surface area contributed by atoms with Crippen LogP contribution in [0.4, 0.5) is 5.69 Å². The lowest BCUT2D eigenvalue weighted by atomic mass is 10.1. The summed E-state index contributed by atoms with van der Waals surface area (Å²) in [6.07, 6.45) is 2.89. The molecule has 0 fully saturated rings. The van der Waals surface area contributed by atoms with Gasteiger partial charge in [-0.3, -0.25) is 4.79 Å². The van der Waals surface area contributed by atoms with E-state index in [1.807, 2.05) is 43.5 Å². The normalized spacial score (nSPS) is 10.9. The maximum Gasteiger partial charge on any atom is 0.238 e. The minimum Gasteiger partial charge on any atom is -0.361 e. The lowest BCUT2D eigenvalue weighted by molar-refractivity contribution is -0.115. The van der Waals surface area contributed by atoms with Gasteiger partial charge < -0.3 is 15.6 Å². The average molecular weight is 342 g/mol. The first-order valence-corrected chi connectivity index (χ1v) is 8.33. The maximum absolute atomic E-state index is 12.0. The third-order valence-electron chi connectivity index (χ3n) is 3.93. The van der Waals surface area contributed by atoms with E-state index in [0.29, 0.717) is 10.7 Å². The number of carbonyl (C=O) groups excluding carboxylic acids is 1. The molecule has 0 aliphatic rings. The fourth-order valence-electron chi connectivity index (χ4n) is 2.68. The van der Waals surface area contributed by atoms with Crippen LogP contribution in [0.5, 0.6) is 0 Å². The Morgan fingerprint density at radius 1 is 1.21 bits per heavy atom. The molecule has 3 rings (SSSR count). The summed E-state index contributed by atoms with van der Waals surface area (Å²) in [4.78, 5) is 15.2. The zero-order valence-corrected chi connectivity index (χ0v) is 14.3. The molecule has 2 aromatic carbocycles. The van der Waals surface area contributed by atoms with Crippen LogP contribution in [-0.2, 0) is 11.2 Å². The van der Waals surface area contributed by atoms with Crippen molar-refractivity contribution in [1.82, 2.24) is 10.3 Å². The van der Waals surface area contributed by atoms with Crippen LogP contribution in [-0.4, -0.2) is 24.0 Å². The Hall–Kier alpha value is -2.30. The number of aryl methyl sites for hydroxylation is 1. The van der Waals surface area contributed by atoms with E-state index in [2.05, 4.69) is 27.8 Å². The van der Waals surface area contributed by atoms with Crippen molar-refractivity contribution in [2.45, 2.75) is 13.3 Å². The topological polar surface area (TPSA) is 56.9 Å². The van der Waals surface area contributed by atoms with Crippen LogP contribution in [0, 0.1) is 6.92 Å². The number of aromatic amines is 1. The zero-order chi connectivity index (χ0) is 16.9. The van der Waals surface area contributed by atoms with Crippen LogP contribution in [0.25, 0.3) is 10.9 Å². The van der Waals surface area contributed by atoms with Gasteiger partial charge in [0.25, 0.3) is 0 Å². The molecule has 0 atom stereocenters. The number of hydrogen-bond donors (Lipinski definition) is 3. The number of amides is 1. The van der Waals surface area contributed by atoms with E-state index in [4.69, 9.17) is 11.6 Å². The van der Waals surface area contributed by atoms with Crippen molar-refractivity contribution in [3.05, 3.63) is 64.8 Å². The van der Waals surface area contributed by atoms with Gasteiger partial charge in [0, 0.05) is 17.1 Å². The van der Waals surface area contributed by atoms with Crippen LogP contribution < -0.4 is 10.6 Å². The summed E-state index contributed by atoms with van der Waals surface area (Å²) in [6, 6.07) is 13.8. The Bertz CT molecular complexity index is 857. The number of benzene rings is 2. The van der Waals surface area contributed by atoms with E-state index in [-0.39, 0.29) is 12.5 Å². The molecule has 1 aromatic heterocycles. The number of H-pyrrole nitrogens is 1. The van der Waals surface area contributed by atoms with Gasteiger partial charge in [-0.25, -0.2) is 0 Å². The molecule has 1 amide bonds. The highest BCUT2D eigenvalue weighted by atomic mass is 35.5. The molecule has 0 spiro atoms. The molecule has 4 nitrogen and oxygen atoms in total. The van der Waals surface area contributed by atoms with Gasteiger partial charge in [0.2, 0.25) is 5.91 Å². The largest absolute Gasteiger partial charge is 0.361 e. The quantitative estimate of drug-likeness (QED) is 0.595. The number of hydrogen-bond acceptors (Lipinski definition) is 2. The average Bonchev–Trinajstić information content (AvgIpc) is 2.98. The highest BCUT2D eigenvalue weighted by molar-refractivity contribution is 6.33. The van der Waals surface area contributed by atoms with Gasteiger partial charge in [-0.05, 0) is 49.2 Å². The minimum absolute atomic E-state index is 0.0975. The predicted octanol–water partition coefficient (Wildman–Crippen LogP) is 3.90. The summed E-state index contributed by atoms with van der Waals surface area (Å²) in [5, 5.41) is 7.78. The molecule has 0 saturated heterocycles. The predicted molar refractivity (Wildman–Crippen MR) is 99.7 cm³/mol. The Balaban J connectivity index is 1.47. The number of nitrogens with one attached hydrogen (secondary N) is 3. The lowest BCUT2D eigenvalue weighted by Gasteiger charge is -2.09. The second-order valence-electron chi connectivity index (χ2n) is 5.82.